The van der Waals surface area contributed by atoms with Crippen LogP contribution in [-0.2, 0) is 4.79 Å². The molecular weight excluding hydrogens is 233 g/mol. The van der Waals surface area contributed by atoms with Gasteiger partial charge in [-0.3, -0.25) is 0 Å². The Hall–Kier alpha value is -1.38. The fourth-order valence-electron chi connectivity index (χ4n) is 1.09. The van der Waals surface area contributed by atoms with Crippen LogP contribution in [0.3, 0.4) is 0 Å². The van der Waals surface area contributed by atoms with Crippen LogP contribution in [-0.4, -0.2) is 12.7 Å². The summed E-state index contributed by atoms with van der Waals surface area (Å²) in [6, 6.07) is 2.36. The third-order valence-electron chi connectivity index (χ3n) is 1.92. The van der Waals surface area contributed by atoms with E-state index in [4.69, 9.17) is 16.3 Å². The number of isocyanates is 1. The van der Waals surface area contributed by atoms with Crippen LogP contribution in [0.1, 0.15) is 19.8 Å². The van der Waals surface area contributed by atoms with E-state index in [1.54, 1.807) is 0 Å². The molecule has 0 atom stereocenters. The van der Waals surface area contributed by atoms with E-state index >= 15 is 0 Å². The summed E-state index contributed by atoms with van der Waals surface area (Å²) in [6.07, 6.45) is 3.13. The molecule has 0 fully saturated rings. The molecule has 0 radical (unpaired) electrons. The van der Waals surface area contributed by atoms with E-state index in [-0.39, 0.29) is 10.7 Å². The third-order valence-corrected chi connectivity index (χ3v) is 2.22. The zero-order chi connectivity index (χ0) is 12.0. The molecular formula is C11H11ClFNO2. The van der Waals surface area contributed by atoms with Crippen molar-refractivity contribution in [2.24, 2.45) is 4.99 Å². The molecule has 5 heteroatoms. The van der Waals surface area contributed by atoms with Crippen LogP contribution in [0, 0.1) is 5.82 Å². The Morgan fingerprint density at radius 3 is 2.94 bits per heavy atom. The van der Waals surface area contributed by atoms with Crippen molar-refractivity contribution in [2.75, 3.05) is 6.61 Å². The van der Waals surface area contributed by atoms with Crippen LogP contribution in [0.5, 0.6) is 5.75 Å². The molecule has 0 aliphatic rings. The predicted octanol–water partition coefficient (Wildman–Crippen LogP) is 3.63. The first-order chi connectivity index (χ1) is 7.69. The topological polar surface area (TPSA) is 38.7 Å². The molecule has 1 aromatic rings. The molecule has 16 heavy (non-hydrogen) atoms. The van der Waals surface area contributed by atoms with Gasteiger partial charge in [-0.05, 0) is 12.5 Å². The van der Waals surface area contributed by atoms with Crippen molar-refractivity contribution in [3.05, 3.63) is 23.0 Å². The summed E-state index contributed by atoms with van der Waals surface area (Å²) in [5.41, 5.74) is -0.120. The average molecular weight is 244 g/mol. The highest BCUT2D eigenvalue weighted by molar-refractivity contribution is 6.32. The Morgan fingerprint density at radius 1 is 1.56 bits per heavy atom. The van der Waals surface area contributed by atoms with Gasteiger partial charge in [-0.1, -0.05) is 24.9 Å². The van der Waals surface area contributed by atoms with Gasteiger partial charge in [0, 0.05) is 6.07 Å². The Balaban J connectivity index is 2.91. The van der Waals surface area contributed by atoms with E-state index in [1.165, 1.54) is 12.1 Å². The van der Waals surface area contributed by atoms with E-state index in [0.717, 1.165) is 18.9 Å². The molecule has 0 spiro atoms. The van der Waals surface area contributed by atoms with Crippen LogP contribution in [0.2, 0.25) is 5.02 Å². The average Bonchev–Trinajstić information content (AvgIpc) is 2.25. The van der Waals surface area contributed by atoms with Crippen LogP contribution < -0.4 is 4.74 Å². The van der Waals surface area contributed by atoms with Crippen molar-refractivity contribution in [1.82, 2.24) is 0 Å². The monoisotopic (exact) mass is 243 g/mol. The van der Waals surface area contributed by atoms with Crippen molar-refractivity contribution in [3.63, 3.8) is 0 Å². The first-order valence-electron chi connectivity index (χ1n) is 4.88. The molecule has 0 unspecified atom stereocenters. The second kappa shape index (κ2) is 6.26. The lowest BCUT2D eigenvalue weighted by Gasteiger charge is -2.08. The van der Waals surface area contributed by atoms with Gasteiger partial charge in [-0.2, -0.15) is 4.99 Å². The Labute approximate surface area is 97.9 Å². The number of rotatable bonds is 5. The largest absolute Gasteiger partial charge is 0.492 e. The number of nitrogens with zero attached hydrogens (tertiary/aromatic N) is 1. The SMILES string of the molecule is CCCCOc1cc(N=C=O)c(F)cc1Cl. The first kappa shape index (κ1) is 12.7. The molecule has 0 amide bonds. The smallest absolute Gasteiger partial charge is 0.240 e. The normalized spacial score (nSPS) is 9.69. The summed E-state index contributed by atoms with van der Waals surface area (Å²) in [6.45, 7) is 2.52. The minimum Gasteiger partial charge on any atom is -0.492 e. The summed E-state index contributed by atoms with van der Waals surface area (Å²) >= 11 is 5.78. The molecule has 0 heterocycles. The van der Waals surface area contributed by atoms with Crippen LogP contribution in [0.15, 0.2) is 17.1 Å². The lowest BCUT2D eigenvalue weighted by molar-refractivity contribution is 0.309. The Bertz CT molecular complexity index is 417. The van der Waals surface area contributed by atoms with Gasteiger partial charge in [0.15, 0.2) is 5.82 Å². The number of hydrogen-bond donors (Lipinski definition) is 0. The quantitative estimate of drug-likeness (QED) is 0.450. The Morgan fingerprint density at radius 2 is 2.31 bits per heavy atom. The molecule has 0 bridgehead atoms. The van der Waals surface area contributed by atoms with Gasteiger partial charge in [0.2, 0.25) is 6.08 Å². The second-order valence-electron chi connectivity index (χ2n) is 3.14. The summed E-state index contributed by atoms with van der Waals surface area (Å²) in [5, 5.41) is 0.165. The second-order valence-corrected chi connectivity index (χ2v) is 3.55. The zero-order valence-corrected chi connectivity index (χ0v) is 9.55. The fraction of sp³-hybridized carbons (Fsp3) is 0.364. The third kappa shape index (κ3) is 3.33. The van der Waals surface area contributed by atoms with E-state index in [9.17, 15) is 9.18 Å². The summed E-state index contributed by atoms with van der Waals surface area (Å²) in [7, 11) is 0. The molecule has 0 aliphatic carbocycles. The van der Waals surface area contributed by atoms with Gasteiger partial charge in [-0.25, -0.2) is 9.18 Å². The van der Waals surface area contributed by atoms with Crippen molar-refractivity contribution >= 4 is 23.4 Å². The molecule has 0 saturated carbocycles. The van der Waals surface area contributed by atoms with Crippen molar-refractivity contribution in [1.29, 1.82) is 0 Å². The first-order valence-corrected chi connectivity index (χ1v) is 5.26. The number of ether oxygens (including phenoxy) is 1. The molecule has 0 N–H and O–H groups in total. The maximum atomic E-state index is 13.2. The Kier molecular flexibility index (Phi) is 4.96. The van der Waals surface area contributed by atoms with Crippen LogP contribution in [0.4, 0.5) is 10.1 Å². The predicted molar refractivity (Wildman–Crippen MR) is 59.6 cm³/mol. The maximum absolute atomic E-state index is 13.2. The van der Waals surface area contributed by atoms with Gasteiger partial charge in [0.25, 0.3) is 0 Å². The molecule has 0 aromatic heterocycles. The number of unbranched alkanes of at least 4 members (excludes halogenated alkanes) is 1. The van der Waals surface area contributed by atoms with Crippen molar-refractivity contribution < 1.29 is 13.9 Å². The highest BCUT2D eigenvalue weighted by Crippen LogP contribution is 2.31. The highest BCUT2D eigenvalue weighted by atomic mass is 35.5. The lowest BCUT2D eigenvalue weighted by atomic mass is 10.3. The molecule has 1 rings (SSSR count). The molecule has 3 nitrogen and oxygen atoms in total. The van der Waals surface area contributed by atoms with E-state index < -0.39 is 5.82 Å². The van der Waals surface area contributed by atoms with Gasteiger partial charge >= 0.3 is 0 Å². The number of carbonyl (C=O) groups excluding carboxylic acids is 1. The minimum absolute atomic E-state index is 0.120. The van der Waals surface area contributed by atoms with Gasteiger partial charge in [-0.15, -0.1) is 0 Å². The summed E-state index contributed by atoms with van der Waals surface area (Å²) in [4.78, 5) is 13.3. The minimum atomic E-state index is -0.670. The van der Waals surface area contributed by atoms with Gasteiger partial charge in [0.05, 0.1) is 11.6 Å². The molecule has 0 saturated heterocycles. The van der Waals surface area contributed by atoms with E-state index in [1.807, 2.05) is 6.92 Å². The van der Waals surface area contributed by atoms with Crippen molar-refractivity contribution in [3.8, 4) is 5.75 Å². The number of aliphatic imine (C=N–C) groups is 1. The number of benzene rings is 1. The summed E-state index contributed by atoms with van der Waals surface area (Å²) in [5.74, 6) is -0.346. The van der Waals surface area contributed by atoms with Crippen LogP contribution >= 0.6 is 11.6 Å². The number of hydrogen-bond acceptors (Lipinski definition) is 3. The van der Waals surface area contributed by atoms with E-state index in [2.05, 4.69) is 4.99 Å². The molecule has 0 aliphatic heterocycles. The maximum Gasteiger partial charge on any atom is 0.240 e. The van der Waals surface area contributed by atoms with Gasteiger partial charge in [0.1, 0.15) is 11.4 Å². The molecule has 1 aromatic carbocycles. The highest BCUT2D eigenvalue weighted by Gasteiger charge is 2.09. The van der Waals surface area contributed by atoms with Crippen LogP contribution in [0.25, 0.3) is 0 Å². The van der Waals surface area contributed by atoms with Crippen molar-refractivity contribution in [2.45, 2.75) is 19.8 Å². The number of halogens is 2. The van der Waals surface area contributed by atoms with E-state index in [0.29, 0.717) is 12.4 Å². The molecule has 86 valence electrons. The fourth-order valence-corrected chi connectivity index (χ4v) is 1.30. The zero-order valence-electron chi connectivity index (χ0n) is 8.80. The lowest BCUT2D eigenvalue weighted by Crippen LogP contribution is -1.97. The standard InChI is InChI=1S/C11H11ClFNO2/c1-2-3-4-16-11-6-10(14-7-15)9(13)5-8(11)12/h5-6H,2-4H2,1H3. The van der Waals surface area contributed by atoms with Gasteiger partial charge < -0.3 is 4.74 Å². The summed E-state index contributed by atoms with van der Waals surface area (Å²) < 4.78 is 18.5.